The Labute approximate surface area is 178 Å². The molecule has 2 aromatic rings. The van der Waals surface area contributed by atoms with Gasteiger partial charge >= 0.3 is 0 Å². The molecule has 1 atom stereocenters. The molecule has 2 aromatic carbocycles. The van der Waals surface area contributed by atoms with Gasteiger partial charge in [0.05, 0.1) is 16.2 Å². The molecule has 3 nitrogen and oxygen atoms in total. The van der Waals surface area contributed by atoms with Crippen molar-refractivity contribution in [3.05, 3.63) is 60.9 Å². The van der Waals surface area contributed by atoms with Gasteiger partial charge in [-0.05, 0) is 58.6 Å². The molecule has 1 spiro atoms. The topological polar surface area (TPSA) is 24.8 Å². The average Bonchev–Trinajstić information content (AvgIpc) is 3.25. The van der Waals surface area contributed by atoms with Gasteiger partial charge in [-0.25, -0.2) is 5.01 Å². The standard InChI is InChI=1S/C20H17Br3N2O/c21-13-5-3-12(4-6-13)17-11-18-15-9-14(22)10-16(23)19(15)26-20(25(18)24-17)7-1-2-8-20/h3-6,9-10,18H,1-2,7-8,11H2/t18-/m0/s1. The second-order valence-electron chi connectivity index (χ2n) is 7.18. The second kappa shape index (κ2) is 6.35. The van der Waals surface area contributed by atoms with Crippen molar-refractivity contribution in [1.82, 2.24) is 5.01 Å². The highest BCUT2D eigenvalue weighted by Gasteiger charge is 2.52. The summed E-state index contributed by atoms with van der Waals surface area (Å²) in [6.07, 6.45) is 5.35. The molecule has 0 aromatic heterocycles. The van der Waals surface area contributed by atoms with Crippen LogP contribution >= 0.6 is 47.8 Å². The maximum atomic E-state index is 6.63. The molecule has 1 fully saturated rings. The van der Waals surface area contributed by atoms with Crippen LogP contribution in [0.1, 0.15) is 49.3 Å². The fourth-order valence-electron chi connectivity index (χ4n) is 4.38. The van der Waals surface area contributed by atoms with E-state index in [9.17, 15) is 0 Å². The zero-order valence-corrected chi connectivity index (χ0v) is 18.8. The van der Waals surface area contributed by atoms with Crippen LogP contribution in [0, 0.1) is 0 Å². The van der Waals surface area contributed by atoms with Crippen LogP contribution in [0.3, 0.4) is 0 Å². The van der Waals surface area contributed by atoms with E-state index >= 15 is 0 Å². The Balaban J connectivity index is 1.62. The molecule has 2 heterocycles. The highest BCUT2D eigenvalue weighted by atomic mass is 79.9. The Morgan fingerprint density at radius 1 is 1.00 bits per heavy atom. The summed E-state index contributed by atoms with van der Waals surface area (Å²) < 4.78 is 9.80. The summed E-state index contributed by atoms with van der Waals surface area (Å²) in [5.41, 5.74) is 3.23. The summed E-state index contributed by atoms with van der Waals surface area (Å²) in [5.74, 6) is 0.989. The first kappa shape index (κ1) is 17.3. The largest absolute Gasteiger partial charge is 0.465 e. The van der Waals surface area contributed by atoms with Gasteiger partial charge in [-0.1, -0.05) is 44.0 Å². The van der Waals surface area contributed by atoms with Gasteiger partial charge < -0.3 is 4.74 Å². The molecule has 1 saturated carbocycles. The highest BCUT2D eigenvalue weighted by Crippen LogP contribution is 2.54. The van der Waals surface area contributed by atoms with Gasteiger partial charge in [0, 0.05) is 33.8 Å². The van der Waals surface area contributed by atoms with Crippen molar-refractivity contribution in [3.63, 3.8) is 0 Å². The number of ether oxygens (including phenoxy) is 1. The van der Waals surface area contributed by atoms with Crippen molar-refractivity contribution in [2.75, 3.05) is 0 Å². The maximum Gasteiger partial charge on any atom is 0.198 e. The van der Waals surface area contributed by atoms with Gasteiger partial charge in [0.15, 0.2) is 5.72 Å². The fourth-order valence-corrected chi connectivity index (χ4v) is 5.98. The first-order valence-electron chi connectivity index (χ1n) is 8.86. The van der Waals surface area contributed by atoms with Gasteiger partial charge in [0.2, 0.25) is 0 Å². The van der Waals surface area contributed by atoms with Gasteiger partial charge in [0.1, 0.15) is 5.75 Å². The Morgan fingerprint density at radius 3 is 2.46 bits per heavy atom. The van der Waals surface area contributed by atoms with Gasteiger partial charge in [-0.15, -0.1) is 0 Å². The molecule has 6 heteroatoms. The molecule has 2 aliphatic heterocycles. The fraction of sp³-hybridized carbons (Fsp3) is 0.350. The minimum Gasteiger partial charge on any atom is -0.465 e. The lowest BCUT2D eigenvalue weighted by Gasteiger charge is -2.46. The molecule has 0 radical (unpaired) electrons. The molecule has 134 valence electrons. The number of benzene rings is 2. The Bertz CT molecular complexity index is 904. The van der Waals surface area contributed by atoms with Crippen LogP contribution in [0.2, 0.25) is 0 Å². The molecule has 3 aliphatic rings. The third kappa shape index (κ3) is 2.68. The maximum absolute atomic E-state index is 6.63. The Hall–Kier alpha value is -0.850. The molecule has 0 amide bonds. The number of rotatable bonds is 1. The lowest BCUT2D eigenvalue weighted by atomic mass is 9.94. The Kier molecular flexibility index (Phi) is 4.22. The summed E-state index contributed by atoms with van der Waals surface area (Å²) in [5, 5.41) is 7.35. The molecular formula is C20H17Br3N2O. The van der Waals surface area contributed by atoms with Crippen LogP contribution in [0.25, 0.3) is 0 Å². The van der Waals surface area contributed by atoms with Crippen LogP contribution in [0.15, 0.2) is 54.9 Å². The van der Waals surface area contributed by atoms with E-state index in [0.29, 0.717) is 0 Å². The van der Waals surface area contributed by atoms with Crippen molar-refractivity contribution in [3.8, 4) is 5.75 Å². The third-order valence-corrected chi connectivity index (χ3v) is 7.15. The van der Waals surface area contributed by atoms with Gasteiger partial charge in [-0.2, -0.15) is 5.10 Å². The Morgan fingerprint density at radius 2 is 1.73 bits per heavy atom. The predicted octanol–water partition coefficient (Wildman–Crippen LogP) is 6.79. The smallest absolute Gasteiger partial charge is 0.198 e. The minimum absolute atomic E-state index is 0.226. The van der Waals surface area contributed by atoms with Crippen LogP contribution < -0.4 is 4.74 Å². The monoisotopic (exact) mass is 538 g/mol. The number of halogens is 3. The molecule has 0 unspecified atom stereocenters. The first-order chi connectivity index (χ1) is 12.6. The van der Waals surface area contributed by atoms with Crippen molar-refractivity contribution in [2.45, 2.75) is 43.9 Å². The van der Waals surface area contributed by atoms with E-state index in [0.717, 1.165) is 44.1 Å². The quantitative estimate of drug-likeness (QED) is 0.398. The van der Waals surface area contributed by atoms with E-state index in [1.54, 1.807) is 0 Å². The van der Waals surface area contributed by atoms with Gasteiger partial charge in [0.25, 0.3) is 0 Å². The van der Waals surface area contributed by atoms with Crippen molar-refractivity contribution < 1.29 is 4.74 Å². The number of nitrogens with zero attached hydrogens (tertiary/aromatic N) is 2. The summed E-state index contributed by atoms with van der Waals surface area (Å²) >= 11 is 10.9. The van der Waals surface area contributed by atoms with Crippen LogP contribution in [0.4, 0.5) is 0 Å². The molecule has 0 N–H and O–H groups in total. The summed E-state index contributed by atoms with van der Waals surface area (Å²) in [6, 6.07) is 12.9. The summed E-state index contributed by atoms with van der Waals surface area (Å²) in [6.45, 7) is 0. The van der Waals surface area contributed by atoms with Crippen molar-refractivity contribution in [2.24, 2.45) is 5.10 Å². The van der Waals surface area contributed by atoms with E-state index < -0.39 is 0 Å². The average molecular weight is 541 g/mol. The van der Waals surface area contributed by atoms with Crippen LogP contribution in [-0.2, 0) is 0 Å². The van der Waals surface area contributed by atoms with Crippen molar-refractivity contribution >= 4 is 53.5 Å². The predicted molar refractivity (Wildman–Crippen MR) is 114 cm³/mol. The lowest BCUT2D eigenvalue weighted by Crippen LogP contribution is -2.51. The second-order valence-corrected chi connectivity index (χ2v) is 9.87. The van der Waals surface area contributed by atoms with E-state index in [2.05, 4.69) is 89.2 Å². The van der Waals surface area contributed by atoms with E-state index in [1.807, 2.05) is 0 Å². The number of fused-ring (bicyclic) bond motifs is 4. The summed E-state index contributed by atoms with van der Waals surface area (Å²) in [4.78, 5) is 0. The molecule has 0 saturated heterocycles. The molecular weight excluding hydrogens is 524 g/mol. The molecule has 26 heavy (non-hydrogen) atoms. The highest BCUT2D eigenvalue weighted by molar-refractivity contribution is 9.11. The van der Waals surface area contributed by atoms with Gasteiger partial charge in [-0.3, -0.25) is 0 Å². The molecule has 5 rings (SSSR count). The van der Waals surface area contributed by atoms with Crippen LogP contribution in [-0.4, -0.2) is 16.4 Å². The first-order valence-corrected chi connectivity index (χ1v) is 11.2. The van der Waals surface area contributed by atoms with E-state index in [1.165, 1.54) is 24.0 Å². The zero-order valence-electron chi connectivity index (χ0n) is 14.0. The number of hydrazone groups is 1. The minimum atomic E-state index is -0.300. The SMILES string of the molecule is Brc1ccc(C2=NN3[C@@H](C2)c2cc(Br)cc(Br)c2OC32CCCC2)cc1. The third-order valence-electron chi connectivity index (χ3n) is 5.58. The van der Waals surface area contributed by atoms with Crippen LogP contribution in [0.5, 0.6) is 5.75 Å². The number of hydrogen-bond acceptors (Lipinski definition) is 3. The number of hydrogen-bond donors (Lipinski definition) is 0. The lowest BCUT2D eigenvalue weighted by molar-refractivity contribution is -0.114. The summed E-state index contributed by atoms with van der Waals surface area (Å²) in [7, 11) is 0. The van der Waals surface area contributed by atoms with E-state index in [4.69, 9.17) is 9.84 Å². The van der Waals surface area contributed by atoms with Crippen molar-refractivity contribution in [1.29, 1.82) is 0 Å². The normalized spacial score (nSPS) is 22.8. The molecule has 0 bridgehead atoms. The molecule has 1 aliphatic carbocycles. The zero-order chi connectivity index (χ0) is 17.9. The van der Waals surface area contributed by atoms with E-state index in [-0.39, 0.29) is 11.8 Å².